The summed E-state index contributed by atoms with van der Waals surface area (Å²) >= 11 is 13.3. The van der Waals surface area contributed by atoms with Gasteiger partial charge >= 0.3 is 0 Å². The molecule has 1 aliphatic rings. The van der Waals surface area contributed by atoms with Crippen LogP contribution < -0.4 is 4.74 Å². The summed E-state index contributed by atoms with van der Waals surface area (Å²) in [7, 11) is -2.02. The van der Waals surface area contributed by atoms with Gasteiger partial charge in [0.25, 0.3) is 0 Å². The molecule has 0 spiro atoms. The summed E-state index contributed by atoms with van der Waals surface area (Å²) in [5.74, 6) is 1.12. The van der Waals surface area contributed by atoms with E-state index in [4.69, 9.17) is 27.9 Å². The minimum absolute atomic E-state index is 0.347. The van der Waals surface area contributed by atoms with Crippen LogP contribution in [-0.4, -0.2) is 14.7 Å². The molecule has 1 aliphatic carbocycles. The number of ether oxygens (including phenoxy) is 1. The fourth-order valence-electron chi connectivity index (χ4n) is 7.01. The van der Waals surface area contributed by atoms with Crippen LogP contribution in [0.5, 0.6) is 5.75 Å². The van der Waals surface area contributed by atoms with Gasteiger partial charge in [-0.15, -0.1) is 0 Å². The predicted octanol–water partition coefficient (Wildman–Crippen LogP) is 11.9. The van der Waals surface area contributed by atoms with E-state index in [1.165, 1.54) is 89.6 Å². The largest absolute Gasteiger partial charge is 0.489 e. The van der Waals surface area contributed by atoms with Gasteiger partial charge in [-0.1, -0.05) is 126 Å². The Morgan fingerprint density at radius 2 is 1.32 bits per heavy atom. The third-order valence-corrected chi connectivity index (χ3v) is 15.5. The van der Waals surface area contributed by atoms with Crippen molar-refractivity contribution in [1.82, 2.24) is 0 Å². The van der Waals surface area contributed by atoms with Crippen molar-refractivity contribution in [2.45, 2.75) is 103 Å². The van der Waals surface area contributed by atoms with Crippen LogP contribution in [0.25, 0.3) is 11.1 Å². The second kappa shape index (κ2) is 14.9. The predicted molar refractivity (Wildman–Crippen MR) is 183 cm³/mol. The molecule has 3 aromatic carbocycles. The van der Waals surface area contributed by atoms with Crippen LogP contribution in [0, 0.1) is 0 Å². The first-order valence-corrected chi connectivity index (χ1v) is 19.3. The lowest BCUT2D eigenvalue weighted by molar-refractivity contribution is 0.355. The Labute approximate surface area is 260 Å². The molecule has 0 aromatic heterocycles. The van der Waals surface area contributed by atoms with E-state index in [9.17, 15) is 0 Å². The molecule has 0 unspecified atom stereocenters. The number of fused-ring (bicyclic) bond motifs is 3. The Hall–Kier alpha value is -2.00. The summed E-state index contributed by atoms with van der Waals surface area (Å²) in [4.78, 5) is 0. The van der Waals surface area contributed by atoms with Crippen molar-refractivity contribution in [2.24, 2.45) is 0 Å². The first-order valence-electron chi connectivity index (χ1n) is 15.9. The zero-order valence-corrected chi connectivity index (χ0v) is 28.1. The lowest BCUT2D eigenvalue weighted by Crippen LogP contribution is -2.43. The quantitative estimate of drug-likeness (QED) is 0.0894. The average Bonchev–Trinajstić information content (AvgIpc) is 3.28. The van der Waals surface area contributed by atoms with Crippen molar-refractivity contribution < 1.29 is 4.74 Å². The number of aryl methyl sites for hydroxylation is 2. The van der Waals surface area contributed by atoms with Gasteiger partial charge in [-0.2, -0.15) is 0 Å². The second-order valence-corrected chi connectivity index (χ2v) is 17.8. The van der Waals surface area contributed by atoms with Gasteiger partial charge in [-0.25, -0.2) is 0 Å². The highest BCUT2D eigenvalue weighted by molar-refractivity contribution is 6.81. The van der Waals surface area contributed by atoms with Crippen molar-refractivity contribution >= 4 is 31.3 Å². The summed E-state index contributed by atoms with van der Waals surface area (Å²) in [6, 6.07) is 21.3. The van der Waals surface area contributed by atoms with Crippen molar-refractivity contribution in [3.05, 3.63) is 99.0 Å². The third kappa shape index (κ3) is 7.15. The van der Waals surface area contributed by atoms with Crippen LogP contribution in [0.15, 0.2) is 61.2 Å². The molecule has 3 aromatic rings. The molecule has 0 saturated heterocycles. The Bertz CT molecular complexity index is 1280. The molecule has 0 saturated carbocycles. The minimum Gasteiger partial charge on any atom is -0.489 e. The molecular weight excluding hydrogens is 559 g/mol. The number of benzene rings is 3. The van der Waals surface area contributed by atoms with Gasteiger partial charge in [0, 0.05) is 15.6 Å². The first-order chi connectivity index (χ1) is 19.9. The maximum Gasteiger partial charge on any atom is 0.125 e. The van der Waals surface area contributed by atoms with E-state index in [0.717, 1.165) is 34.7 Å². The smallest absolute Gasteiger partial charge is 0.125 e. The SMILES string of the molecule is C=CCOc1c(CCCCC)cc(CCCCC)cc1C[Si](CC)(CC)C1c2cc(Cl)ccc2-c2ccc(Cl)cc21. The van der Waals surface area contributed by atoms with Gasteiger partial charge in [0.05, 0.1) is 8.07 Å². The van der Waals surface area contributed by atoms with Crippen LogP contribution in [-0.2, 0) is 18.9 Å². The highest BCUT2D eigenvalue weighted by Gasteiger charge is 2.45. The maximum atomic E-state index is 6.66. The lowest BCUT2D eigenvalue weighted by Gasteiger charge is -2.38. The first kappa shape index (κ1) is 31.9. The summed E-state index contributed by atoms with van der Waals surface area (Å²) in [5, 5.41) is 1.63. The zero-order chi connectivity index (χ0) is 29.4. The van der Waals surface area contributed by atoms with E-state index in [0.29, 0.717) is 12.1 Å². The van der Waals surface area contributed by atoms with Crippen LogP contribution >= 0.6 is 23.2 Å². The van der Waals surface area contributed by atoms with Crippen molar-refractivity contribution in [3.63, 3.8) is 0 Å². The Morgan fingerprint density at radius 3 is 1.85 bits per heavy atom. The van der Waals surface area contributed by atoms with Crippen LogP contribution in [0.1, 0.15) is 99.6 Å². The molecular formula is C37H48Cl2OSi. The van der Waals surface area contributed by atoms with E-state index in [1.807, 2.05) is 18.2 Å². The third-order valence-electron chi connectivity index (χ3n) is 9.27. The monoisotopic (exact) mass is 606 g/mol. The standard InChI is InChI=1S/C37H48Cl2OSi/c1-6-11-13-15-27-22-28(16-14-12-7-2)36(40-21-8-3)29(23-27)26-41(9-4,10-5)37-34-24-30(38)17-19-32(34)33-20-18-31(39)25-35(33)37/h8,17-20,22-25,37H,3,6-7,9-16,21,26H2,1-2,4-5H3. The normalized spacial score (nSPS) is 12.8. The maximum absolute atomic E-state index is 6.66. The lowest BCUT2D eigenvalue weighted by atomic mass is 9.97. The number of hydrogen-bond acceptors (Lipinski definition) is 1. The molecule has 1 nitrogen and oxygen atoms in total. The summed E-state index contributed by atoms with van der Waals surface area (Å²) in [6.07, 6.45) is 11.5. The van der Waals surface area contributed by atoms with Gasteiger partial charge in [-0.05, 0) is 94.9 Å². The number of halogens is 2. The number of unbranched alkanes of at least 4 members (excludes halogenated alkanes) is 4. The molecule has 4 rings (SSSR count). The molecule has 0 radical (unpaired) electrons. The van der Waals surface area contributed by atoms with Crippen molar-refractivity contribution in [2.75, 3.05) is 6.61 Å². The zero-order valence-electron chi connectivity index (χ0n) is 25.6. The molecule has 0 heterocycles. The highest BCUT2D eigenvalue weighted by Crippen LogP contribution is 2.53. The fraction of sp³-hybridized carbons (Fsp3) is 0.459. The molecule has 0 aliphatic heterocycles. The van der Waals surface area contributed by atoms with Gasteiger partial charge < -0.3 is 4.74 Å². The van der Waals surface area contributed by atoms with Gasteiger partial charge in [0.15, 0.2) is 0 Å². The second-order valence-electron chi connectivity index (χ2n) is 11.9. The number of hydrogen-bond donors (Lipinski definition) is 0. The minimum atomic E-state index is -2.02. The van der Waals surface area contributed by atoms with Gasteiger partial charge in [0.2, 0.25) is 0 Å². The Morgan fingerprint density at radius 1 is 0.756 bits per heavy atom. The van der Waals surface area contributed by atoms with E-state index in [-0.39, 0.29) is 0 Å². The molecule has 220 valence electrons. The van der Waals surface area contributed by atoms with E-state index < -0.39 is 8.07 Å². The fourth-order valence-corrected chi connectivity index (χ4v) is 12.2. The summed E-state index contributed by atoms with van der Waals surface area (Å²) in [6.45, 7) is 13.9. The van der Waals surface area contributed by atoms with Crippen LogP contribution in [0.2, 0.25) is 22.1 Å². The molecule has 4 heteroatoms. The summed E-state index contributed by atoms with van der Waals surface area (Å²) in [5.41, 5.74) is 10.0. The molecule has 0 fully saturated rings. The average molecular weight is 608 g/mol. The van der Waals surface area contributed by atoms with E-state index in [1.54, 1.807) is 0 Å². The van der Waals surface area contributed by atoms with Gasteiger partial charge in [-0.3, -0.25) is 0 Å². The Kier molecular flexibility index (Phi) is 11.6. The van der Waals surface area contributed by atoms with Crippen molar-refractivity contribution in [1.29, 1.82) is 0 Å². The van der Waals surface area contributed by atoms with Crippen LogP contribution in [0.3, 0.4) is 0 Å². The van der Waals surface area contributed by atoms with Gasteiger partial charge in [0.1, 0.15) is 12.4 Å². The molecule has 0 N–H and O–H groups in total. The number of rotatable bonds is 16. The Balaban J connectivity index is 1.87. The topological polar surface area (TPSA) is 9.23 Å². The molecule has 0 amide bonds. The summed E-state index contributed by atoms with van der Waals surface area (Å²) < 4.78 is 6.57. The molecule has 0 atom stereocenters. The van der Waals surface area contributed by atoms with E-state index in [2.05, 4.69) is 70.7 Å². The van der Waals surface area contributed by atoms with E-state index >= 15 is 0 Å². The van der Waals surface area contributed by atoms with Crippen LogP contribution in [0.4, 0.5) is 0 Å². The van der Waals surface area contributed by atoms with Crippen molar-refractivity contribution in [3.8, 4) is 16.9 Å². The molecule has 0 bridgehead atoms. The highest BCUT2D eigenvalue weighted by atomic mass is 35.5. The molecule has 41 heavy (non-hydrogen) atoms.